The van der Waals surface area contributed by atoms with Gasteiger partial charge in [0.2, 0.25) is 0 Å². The smallest absolute Gasteiger partial charge is 0.256 e. The number of aliphatic hydroxyl groups is 1. The molecule has 1 aromatic heterocycles. The van der Waals surface area contributed by atoms with Crippen LogP contribution in [0, 0.1) is 0 Å². The van der Waals surface area contributed by atoms with Gasteiger partial charge in [0.05, 0.1) is 23.5 Å². The van der Waals surface area contributed by atoms with Crippen molar-refractivity contribution in [3.8, 4) is 0 Å². The summed E-state index contributed by atoms with van der Waals surface area (Å²) in [5, 5.41) is 12.3. The second-order valence-electron chi connectivity index (χ2n) is 3.96. The van der Waals surface area contributed by atoms with Gasteiger partial charge >= 0.3 is 0 Å². The number of carbonyl (C=O) groups is 1. The zero-order valence-electron chi connectivity index (χ0n) is 8.87. The Bertz CT molecular complexity index is 354. The van der Waals surface area contributed by atoms with E-state index in [0.29, 0.717) is 10.2 Å². The standard InChI is InChI=1S/C10H14BrNO3/c1-6(10(2,3)14)12-9(13)7-4-5-15-8(7)11/h4-6,14H,1-3H3,(H,12,13). The number of hydrogen-bond acceptors (Lipinski definition) is 3. The van der Waals surface area contributed by atoms with Crippen LogP contribution in [0.25, 0.3) is 0 Å². The van der Waals surface area contributed by atoms with Crippen molar-refractivity contribution in [1.29, 1.82) is 0 Å². The zero-order chi connectivity index (χ0) is 11.6. The Labute approximate surface area is 96.8 Å². The van der Waals surface area contributed by atoms with Gasteiger partial charge in [-0.05, 0) is 42.8 Å². The molecule has 0 aliphatic heterocycles. The van der Waals surface area contributed by atoms with Crippen LogP contribution in [0.15, 0.2) is 21.4 Å². The van der Waals surface area contributed by atoms with Crippen LogP contribution < -0.4 is 5.32 Å². The molecule has 0 bridgehead atoms. The van der Waals surface area contributed by atoms with Crippen LogP contribution in [0.1, 0.15) is 31.1 Å². The third-order valence-corrected chi connectivity index (χ3v) is 2.88. The average Bonchev–Trinajstić information content (AvgIpc) is 2.49. The molecule has 4 nitrogen and oxygen atoms in total. The number of carbonyl (C=O) groups excluding carboxylic acids is 1. The van der Waals surface area contributed by atoms with E-state index in [9.17, 15) is 9.90 Å². The molecule has 5 heteroatoms. The molecule has 84 valence electrons. The average molecular weight is 276 g/mol. The molecule has 0 radical (unpaired) electrons. The van der Waals surface area contributed by atoms with E-state index >= 15 is 0 Å². The van der Waals surface area contributed by atoms with Gasteiger partial charge in [0, 0.05) is 0 Å². The molecular weight excluding hydrogens is 262 g/mol. The molecule has 1 amide bonds. The zero-order valence-corrected chi connectivity index (χ0v) is 10.5. The molecule has 0 saturated carbocycles. The topological polar surface area (TPSA) is 62.5 Å². The Morgan fingerprint density at radius 3 is 2.67 bits per heavy atom. The van der Waals surface area contributed by atoms with E-state index in [0.717, 1.165) is 0 Å². The number of hydrogen-bond donors (Lipinski definition) is 2. The van der Waals surface area contributed by atoms with Crippen molar-refractivity contribution in [3.63, 3.8) is 0 Å². The first-order valence-electron chi connectivity index (χ1n) is 4.58. The summed E-state index contributed by atoms with van der Waals surface area (Å²) < 4.78 is 5.34. The maximum atomic E-state index is 11.7. The molecule has 0 fully saturated rings. The fraction of sp³-hybridized carbons (Fsp3) is 0.500. The number of halogens is 1. The number of amides is 1. The maximum absolute atomic E-state index is 11.7. The summed E-state index contributed by atoms with van der Waals surface area (Å²) in [4.78, 5) is 11.7. The van der Waals surface area contributed by atoms with Gasteiger partial charge in [-0.1, -0.05) is 0 Å². The van der Waals surface area contributed by atoms with Crippen molar-refractivity contribution in [1.82, 2.24) is 5.32 Å². The molecule has 1 aromatic rings. The monoisotopic (exact) mass is 275 g/mol. The number of rotatable bonds is 3. The van der Waals surface area contributed by atoms with Crippen LogP contribution in [-0.4, -0.2) is 22.7 Å². The highest BCUT2D eigenvalue weighted by Gasteiger charge is 2.25. The van der Waals surface area contributed by atoms with Gasteiger partial charge in [0.1, 0.15) is 0 Å². The van der Waals surface area contributed by atoms with Crippen molar-refractivity contribution in [3.05, 3.63) is 22.6 Å². The Balaban J connectivity index is 2.69. The molecule has 15 heavy (non-hydrogen) atoms. The van der Waals surface area contributed by atoms with Gasteiger partial charge in [-0.15, -0.1) is 0 Å². The van der Waals surface area contributed by atoms with Gasteiger partial charge in [-0.2, -0.15) is 0 Å². The summed E-state index contributed by atoms with van der Waals surface area (Å²) in [6, 6.07) is 1.23. The lowest BCUT2D eigenvalue weighted by Gasteiger charge is -2.26. The molecule has 2 N–H and O–H groups in total. The van der Waals surface area contributed by atoms with Gasteiger partial charge in [0.15, 0.2) is 4.67 Å². The SMILES string of the molecule is CC(NC(=O)c1ccoc1Br)C(C)(C)O. The van der Waals surface area contributed by atoms with Crippen LogP contribution in [-0.2, 0) is 0 Å². The molecule has 1 unspecified atom stereocenters. The first-order chi connectivity index (χ1) is 6.82. The van der Waals surface area contributed by atoms with E-state index in [1.54, 1.807) is 26.8 Å². The lowest BCUT2D eigenvalue weighted by atomic mass is 10.0. The molecule has 0 saturated heterocycles. The largest absolute Gasteiger partial charge is 0.457 e. The molecule has 0 aromatic carbocycles. The van der Waals surface area contributed by atoms with Gasteiger partial charge in [-0.25, -0.2) is 0 Å². The quantitative estimate of drug-likeness (QED) is 0.886. The fourth-order valence-corrected chi connectivity index (χ4v) is 1.33. The van der Waals surface area contributed by atoms with Crippen molar-refractivity contribution < 1.29 is 14.3 Å². The Morgan fingerprint density at radius 2 is 2.27 bits per heavy atom. The predicted octanol–water partition coefficient (Wildman–Crippen LogP) is 1.93. The minimum atomic E-state index is -0.953. The van der Waals surface area contributed by atoms with Crippen molar-refractivity contribution in [2.45, 2.75) is 32.4 Å². The Morgan fingerprint density at radius 1 is 1.67 bits per heavy atom. The second-order valence-corrected chi connectivity index (χ2v) is 4.68. The Kier molecular flexibility index (Phi) is 3.57. The highest BCUT2D eigenvalue weighted by atomic mass is 79.9. The summed E-state index contributed by atoms with van der Waals surface area (Å²) in [6.45, 7) is 5.02. The third kappa shape index (κ3) is 3.07. The summed E-state index contributed by atoms with van der Waals surface area (Å²) in [7, 11) is 0. The molecule has 1 atom stereocenters. The van der Waals surface area contributed by atoms with E-state index in [4.69, 9.17) is 4.42 Å². The van der Waals surface area contributed by atoms with E-state index in [-0.39, 0.29) is 11.9 Å². The minimum absolute atomic E-state index is 0.273. The number of furan rings is 1. The van der Waals surface area contributed by atoms with E-state index < -0.39 is 5.60 Å². The summed E-state index contributed by atoms with van der Waals surface area (Å²) >= 11 is 3.12. The van der Waals surface area contributed by atoms with Crippen LogP contribution in [0.4, 0.5) is 0 Å². The van der Waals surface area contributed by atoms with Crippen molar-refractivity contribution >= 4 is 21.8 Å². The van der Waals surface area contributed by atoms with E-state index in [1.807, 2.05) is 0 Å². The summed E-state index contributed by atoms with van der Waals surface area (Å²) in [5.41, 5.74) is -0.530. The highest BCUT2D eigenvalue weighted by Crippen LogP contribution is 2.18. The molecule has 1 heterocycles. The first kappa shape index (κ1) is 12.3. The molecular formula is C10H14BrNO3. The number of nitrogens with one attached hydrogen (secondary N) is 1. The van der Waals surface area contributed by atoms with Crippen LogP contribution in [0.3, 0.4) is 0 Å². The second kappa shape index (κ2) is 4.37. The fourth-order valence-electron chi connectivity index (χ4n) is 0.907. The van der Waals surface area contributed by atoms with E-state index in [2.05, 4.69) is 21.2 Å². The minimum Gasteiger partial charge on any atom is -0.457 e. The lowest BCUT2D eigenvalue weighted by Crippen LogP contribution is -2.47. The third-order valence-electron chi connectivity index (χ3n) is 2.27. The van der Waals surface area contributed by atoms with Gasteiger partial charge < -0.3 is 14.8 Å². The summed E-state index contributed by atoms with van der Waals surface area (Å²) in [5.74, 6) is -0.273. The maximum Gasteiger partial charge on any atom is 0.256 e. The Hall–Kier alpha value is -0.810. The van der Waals surface area contributed by atoms with E-state index in [1.165, 1.54) is 6.26 Å². The van der Waals surface area contributed by atoms with Gasteiger partial charge in [-0.3, -0.25) is 4.79 Å². The van der Waals surface area contributed by atoms with Gasteiger partial charge in [0.25, 0.3) is 5.91 Å². The molecule has 0 spiro atoms. The summed E-state index contributed by atoms with van der Waals surface area (Å²) in [6.07, 6.45) is 1.42. The van der Waals surface area contributed by atoms with Crippen LogP contribution >= 0.6 is 15.9 Å². The van der Waals surface area contributed by atoms with Crippen molar-refractivity contribution in [2.24, 2.45) is 0 Å². The van der Waals surface area contributed by atoms with Crippen molar-refractivity contribution in [2.75, 3.05) is 0 Å². The lowest BCUT2D eigenvalue weighted by molar-refractivity contribution is 0.0408. The van der Waals surface area contributed by atoms with Crippen LogP contribution in [0.5, 0.6) is 0 Å². The molecule has 0 aliphatic rings. The normalized spacial score (nSPS) is 13.7. The highest BCUT2D eigenvalue weighted by molar-refractivity contribution is 9.10. The molecule has 1 rings (SSSR count). The first-order valence-corrected chi connectivity index (χ1v) is 5.38. The van der Waals surface area contributed by atoms with Crippen LogP contribution in [0.2, 0.25) is 0 Å². The molecule has 0 aliphatic carbocycles. The predicted molar refractivity (Wildman–Crippen MR) is 59.6 cm³/mol.